The van der Waals surface area contributed by atoms with Crippen molar-refractivity contribution in [2.75, 3.05) is 12.3 Å². The van der Waals surface area contributed by atoms with Crippen LogP contribution in [0.2, 0.25) is 0 Å². The second-order valence-corrected chi connectivity index (χ2v) is 5.45. The highest BCUT2D eigenvalue weighted by molar-refractivity contribution is 7.80. The molecule has 0 saturated heterocycles. The molecule has 0 aromatic carbocycles. The summed E-state index contributed by atoms with van der Waals surface area (Å²) in [4.78, 5) is 11.4. The van der Waals surface area contributed by atoms with Crippen molar-refractivity contribution in [3.05, 3.63) is 0 Å². The lowest BCUT2D eigenvalue weighted by Gasteiger charge is -2.04. The van der Waals surface area contributed by atoms with E-state index >= 15 is 0 Å². The van der Waals surface area contributed by atoms with Crippen molar-refractivity contribution in [1.29, 1.82) is 0 Å². The molecule has 0 unspecified atom stereocenters. The fourth-order valence-corrected chi connectivity index (χ4v) is 2.17. The van der Waals surface area contributed by atoms with Crippen molar-refractivity contribution in [3.8, 4) is 0 Å². The van der Waals surface area contributed by atoms with E-state index in [1.807, 2.05) is 0 Å². The molecule has 3 heteroatoms. The molecular formula is C15H31NOS. The highest BCUT2D eigenvalue weighted by Crippen LogP contribution is 2.09. The van der Waals surface area contributed by atoms with Crippen LogP contribution in [0.25, 0.3) is 0 Å². The Labute approximate surface area is 119 Å². The standard InChI is InChI=1S/C15H31NOS/c1-2-3-13-16-15(17)12-10-8-6-4-5-7-9-11-14-18/h18H,2-14H2,1H3,(H,16,17). The maximum Gasteiger partial charge on any atom is 0.219 e. The van der Waals surface area contributed by atoms with E-state index in [4.69, 9.17) is 0 Å². The first-order valence-corrected chi connectivity index (χ1v) is 8.32. The Kier molecular flexibility index (Phi) is 14.7. The van der Waals surface area contributed by atoms with Gasteiger partial charge < -0.3 is 5.32 Å². The number of hydrogen-bond acceptors (Lipinski definition) is 2. The lowest BCUT2D eigenvalue weighted by atomic mass is 10.1. The van der Waals surface area contributed by atoms with Gasteiger partial charge in [0.2, 0.25) is 5.91 Å². The normalized spacial score (nSPS) is 10.6. The van der Waals surface area contributed by atoms with Crippen molar-refractivity contribution >= 4 is 18.5 Å². The minimum atomic E-state index is 0.234. The molecule has 18 heavy (non-hydrogen) atoms. The highest BCUT2D eigenvalue weighted by atomic mass is 32.1. The third-order valence-electron chi connectivity index (χ3n) is 3.16. The van der Waals surface area contributed by atoms with Crippen LogP contribution in [0.4, 0.5) is 0 Å². The van der Waals surface area contributed by atoms with Gasteiger partial charge in [0.25, 0.3) is 0 Å². The van der Waals surface area contributed by atoms with Crippen LogP contribution in [0.1, 0.15) is 77.6 Å². The molecule has 0 fully saturated rings. The van der Waals surface area contributed by atoms with Gasteiger partial charge in [0.1, 0.15) is 0 Å². The lowest BCUT2D eigenvalue weighted by molar-refractivity contribution is -0.121. The van der Waals surface area contributed by atoms with Crippen LogP contribution in [0.5, 0.6) is 0 Å². The molecule has 0 aliphatic heterocycles. The summed E-state index contributed by atoms with van der Waals surface area (Å²) in [7, 11) is 0. The van der Waals surface area contributed by atoms with Gasteiger partial charge in [-0.05, 0) is 25.0 Å². The third kappa shape index (κ3) is 13.9. The topological polar surface area (TPSA) is 29.1 Å². The molecule has 0 atom stereocenters. The van der Waals surface area contributed by atoms with E-state index in [0.29, 0.717) is 6.42 Å². The predicted molar refractivity (Wildman–Crippen MR) is 83.3 cm³/mol. The fourth-order valence-electron chi connectivity index (χ4n) is 1.95. The Morgan fingerprint density at radius 3 is 2.00 bits per heavy atom. The second-order valence-electron chi connectivity index (χ2n) is 5.01. The van der Waals surface area contributed by atoms with E-state index in [1.54, 1.807) is 0 Å². The highest BCUT2D eigenvalue weighted by Gasteiger charge is 1.99. The molecule has 0 spiro atoms. The van der Waals surface area contributed by atoms with Crippen molar-refractivity contribution in [2.45, 2.75) is 77.6 Å². The average Bonchev–Trinajstić information content (AvgIpc) is 2.37. The zero-order valence-electron chi connectivity index (χ0n) is 12.0. The number of hydrogen-bond donors (Lipinski definition) is 2. The van der Waals surface area contributed by atoms with Gasteiger partial charge in [-0.2, -0.15) is 12.6 Å². The first-order valence-electron chi connectivity index (χ1n) is 7.68. The minimum Gasteiger partial charge on any atom is -0.356 e. The maximum absolute atomic E-state index is 11.4. The molecule has 0 bridgehead atoms. The number of rotatable bonds is 13. The molecule has 0 aromatic rings. The number of nitrogens with one attached hydrogen (secondary N) is 1. The third-order valence-corrected chi connectivity index (χ3v) is 3.48. The van der Waals surface area contributed by atoms with Gasteiger partial charge in [0, 0.05) is 13.0 Å². The van der Waals surface area contributed by atoms with Crippen LogP contribution in [0, 0.1) is 0 Å². The van der Waals surface area contributed by atoms with E-state index in [9.17, 15) is 4.79 Å². The molecule has 2 nitrogen and oxygen atoms in total. The number of amides is 1. The number of thiol groups is 1. The van der Waals surface area contributed by atoms with E-state index < -0.39 is 0 Å². The molecule has 1 N–H and O–H groups in total. The van der Waals surface area contributed by atoms with E-state index in [1.165, 1.54) is 44.9 Å². The van der Waals surface area contributed by atoms with Crippen molar-refractivity contribution in [3.63, 3.8) is 0 Å². The molecular weight excluding hydrogens is 242 g/mol. The maximum atomic E-state index is 11.4. The van der Waals surface area contributed by atoms with Crippen LogP contribution >= 0.6 is 12.6 Å². The Balaban J connectivity index is 3.08. The number of unbranched alkanes of at least 4 members (excludes halogenated alkanes) is 8. The summed E-state index contributed by atoms with van der Waals surface area (Å²) in [5.74, 6) is 1.25. The molecule has 0 rings (SSSR count). The molecule has 0 radical (unpaired) electrons. The molecule has 1 amide bonds. The van der Waals surface area contributed by atoms with Crippen LogP contribution in [0.15, 0.2) is 0 Å². The zero-order chi connectivity index (χ0) is 13.5. The van der Waals surface area contributed by atoms with Gasteiger partial charge >= 0.3 is 0 Å². The summed E-state index contributed by atoms with van der Waals surface area (Å²) >= 11 is 4.20. The van der Waals surface area contributed by atoms with Gasteiger partial charge in [0.05, 0.1) is 0 Å². The van der Waals surface area contributed by atoms with Gasteiger partial charge in [-0.15, -0.1) is 0 Å². The summed E-state index contributed by atoms with van der Waals surface area (Å²) in [5.41, 5.74) is 0. The van der Waals surface area contributed by atoms with Crippen LogP contribution in [-0.2, 0) is 4.79 Å². The van der Waals surface area contributed by atoms with Crippen molar-refractivity contribution < 1.29 is 4.79 Å². The Bertz CT molecular complexity index is 185. The van der Waals surface area contributed by atoms with E-state index in [-0.39, 0.29) is 5.91 Å². The molecule has 0 heterocycles. The molecule has 0 aliphatic carbocycles. The first-order chi connectivity index (χ1) is 8.81. The molecule has 0 aliphatic rings. The Hall–Kier alpha value is -0.180. The van der Waals surface area contributed by atoms with Gasteiger partial charge in [-0.1, -0.05) is 51.9 Å². The van der Waals surface area contributed by atoms with E-state index in [2.05, 4.69) is 24.9 Å². The van der Waals surface area contributed by atoms with Crippen LogP contribution in [-0.4, -0.2) is 18.2 Å². The molecule has 0 aromatic heterocycles. The summed E-state index contributed by atoms with van der Waals surface area (Å²) in [6, 6.07) is 0. The van der Waals surface area contributed by atoms with Gasteiger partial charge in [-0.25, -0.2) is 0 Å². The number of carbonyl (C=O) groups excluding carboxylic acids is 1. The Morgan fingerprint density at radius 1 is 0.889 bits per heavy atom. The smallest absolute Gasteiger partial charge is 0.219 e. The van der Waals surface area contributed by atoms with E-state index in [0.717, 1.165) is 31.6 Å². The van der Waals surface area contributed by atoms with Gasteiger partial charge in [-0.3, -0.25) is 4.79 Å². The summed E-state index contributed by atoms with van der Waals surface area (Å²) in [5, 5.41) is 2.96. The lowest BCUT2D eigenvalue weighted by Crippen LogP contribution is -2.23. The SMILES string of the molecule is CCCCNC(=O)CCCCCCCCCCS. The summed E-state index contributed by atoms with van der Waals surface area (Å²) in [6.45, 7) is 2.99. The molecule has 0 saturated carbocycles. The Morgan fingerprint density at radius 2 is 1.44 bits per heavy atom. The first kappa shape index (κ1) is 17.8. The van der Waals surface area contributed by atoms with Crippen LogP contribution < -0.4 is 5.32 Å². The second kappa shape index (κ2) is 14.9. The fraction of sp³-hybridized carbons (Fsp3) is 0.933. The summed E-state index contributed by atoms with van der Waals surface area (Å²) < 4.78 is 0. The predicted octanol–water partition coefficient (Wildman–Crippen LogP) is 4.34. The number of carbonyl (C=O) groups is 1. The summed E-state index contributed by atoms with van der Waals surface area (Å²) in [6.07, 6.45) is 13.1. The molecule has 108 valence electrons. The van der Waals surface area contributed by atoms with Crippen LogP contribution in [0.3, 0.4) is 0 Å². The monoisotopic (exact) mass is 273 g/mol. The minimum absolute atomic E-state index is 0.234. The van der Waals surface area contributed by atoms with Gasteiger partial charge in [0.15, 0.2) is 0 Å². The van der Waals surface area contributed by atoms with Crippen molar-refractivity contribution in [2.24, 2.45) is 0 Å². The largest absolute Gasteiger partial charge is 0.356 e. The zero-order valence-corrected chi connectivity index (χ0v) is 12.9. The van der Waals surface area contributed by atoms with Crippen molar-refractivity contribution in [1.82, 2.24) is 5.32 Å². The average molecular weight is 273 g/mol. The quantitative estimate of drug-likeness (QED) is 0.379.